The number of ether oxygens (including phenoxy) is 2. The molecule has 2 unspecified atom stereocenters. The Morgan fingerprint density at radius 1 is 1.11 bits per heavy atom. The molecule has 0 heterocycles. The largest absolute Gasteiger partial charge is 0.481 e. The number of aliphatic hydroxyl groups excluding tert-OH is 1. The van der Waals surface area contributed by atoms with Crippen LogP contribution in [0.15, 0.2) is 0 Å². The van der Waals surface area contributed by atoms with Crippen LogP contribution in [-0.2, 0) is 19.1 Å². The van der Waals surface area contributed by atoms with Gasteiger partial charge in [-0.3, -0.25) is 9.59 Å². The van der Waals surface area contributed by atoms with Crippen LogP contribution in [0.1, 0.15) is 39.5 Å². The van der Waals surface area contributed by atoms with E-state index in [2.05, 4.69) is 0 Å². The van der Waals surface area contributed by atoms with Gasteiger partial charge in [0.05, 0.1) is 18.8 Å². The SMILES string of the molecule is CC(O)COC(C)COC(=O)CCCCC(=O)O. The first kappa shape index (κ1) is 16.9. The van der Waals surface area contributed by atoms with Crippen molar-refractivity contribution in [3.63, 3.8) is 0 Å². The summed E-state index contributed by atoms with van der Waals surface area (Å²) in [6.45, 7) is 3.71. The summed E-state index contributed by atoms with van der Waals surface area (Å²) in [6.07, 6.45) is 0.464. The van der Waals surface area contributed by atoms with Crippen LogP contribution in [0.2, 0.25) is 0 Å². The topological polar surface area (TPSA) is 93.1 Å². The standard InChI is InChI=1S/C12H22O6/c1-9(13)7-17-10(2)8-18-12(16)6-4-3-5-11(14)15/h9-10,13H,3-8H2,1-2H3,(H,14,15). The van der Waals surface area contributed by atoms with Crippen LogP contribution in [-0.4, -0.2) is 47.6 Å². The summed E-state index contributed by atoms with van der Waals surface area (Å²) in [7, 11) is 0. The molecule has 6 nitrogen and oxygen atoms in total. The summed E-state index contributed by atoms with van der Waals surface area (Å²) in [5.74, 6) is -1.21. The number of carboxylic acid groups (broad SMARTS) is 1. The fourth-order valence-corrected chi connectivity index (χ4v) is 1.18. The van der Waals surface area contributed by atoms with Crippen LogP contribution in [0.5, 0.6) is 0 Å². The lowest BCUT2D eigenvalue weighted by molar-refractivity contribution is -0.148. The highest BCUT2D eigenvalue weighted by Crippen LogP contribution is 2.02. The molecule has 0 aromatic rings. The van der Waals surface area contributed by atoms with Gasteiger partial charge in [-0.15, -0.1) is 0 Å². The molecule has 2 atom stereocenters. The van der Waals surface area contributed by atoms with E-state index in [1.807, 2.05) is 0 Å². The molecule has 106 valence electrons. The number of aliphatic hydroxyl groups is 1. The van der Waals surface area contributed by atoms with E-state index in [0.29, 0.717) is 12.8 Å². The molecule has 0 bridgehead atoms. The summed E-state index contributed by atoms with van der Waals surface area (Å²) in [5.41, 5.74) is 0. The van der Waals surface area contributed by atoms with E-state index in [1.165, 1.54) is 0 Å². The van der Waals surface area contributed by atoms with Crippen LogP contribution in [0.3, 0.4) is 0 Å². The molecule has 0 saturated carbocycles. The summed E-state index contributed by atoms with van der Waals surface area (Å²) < 4.78 is 10.2. The number of aliphatic carboxylic acids is 1. The third-order valence-corrected chi connectivity index (χ3v) is 2.12. The van der Waals surface area contributed by atoms with Crippen molar-refractivity contribution in [1.29, 1.82) is 0 Å². The van der Waals surface area contributed by atoms with Gasteiger partial charge in [0.25, 0.3) is 0 Å². The fraction of sp³-hybridized carbons (Fsp3) is 0.833. The molecule has 0 aromatic heterocycles. The Morgan fingerprint density at radius 2 is 1.72 bits per heavy atom. The summed E-state index contributed by atoms with van der Waals surface area (Å²) in [6, 6.07) is 0. The number of carboxylic acids is 1. The summed E-state index contributed by atoms with van der Waals surface area (Å²) >= 11 is 0. The second-order valence-corrected chi connectivity index (χ2v) is 4.28. The van der Waals surface area contributed by atoms with Gasteiger partial charge in [-0.2, -0.15) is 0 Å². The Bertz CT molecular complexity index is 251. The molecule has 0 amide bonds. The molecule has 2 N–H and O–H groups in total. The molecule has 0 fully saturated rings. The lowest BCUT2D eigenvalue weighted by Gasteiger charge is -2.14. The molecule has 6 heteroatoms. The zero-order valence-electron chi connectivity index (χ0n) is 10.9. The van der Waals surface area contributed by atoms with Crippen LogP contribution in [0.4, 0.5) is 0 Å². The Hall–Kier alpha value is -1.14. The predicted molar refractivity (Wildman–Crippen MR) is 64.2 cm³/mol. The predicted octanol–water partition coefficient (Wildman–Crippen LogP) is 0.960. The van der Waals surface area contributed by atoms with Crippen LogP contribution < -0.4 is 0 Å². The minimum atomic E-state index is -0.858. The second kappa shape index (κ2) is 9.85. The molecule has 0 aromatic carbocycles. The number of hydrogen-bond acceptors (Lipinski definition) is 5. The first-order chi connectivity index (χ1) is 8.41. The lowest BCUT2D eigenvalue weighted by atomic mass is 10.2. The Kier molecular flexibility index (Phi) is 9.22. The van der Waals surface area contributed by atoms with Gasteiger partial charge in [-0.25, -0.2) is 0 Å². The average Bonchev–Trinajstić information content (AvgIpc) is 2.29. The molecule has 0 aliphatic carbocycles. The van der Waals surface area contributed by atoms with E-state index in [1.54, 1.807) is 13.8 Å². The van der Waals surface area contributed by atoms with Crippen molar-refractivity contribution in [3.8, 4) is 0 Å². The smallest absolute Gasteiger partial charge is 0.305 e. The van der Waals surface area contributed by atoms with Gasteiger partial charge in [-0.1, -0.05) is 0 Å². The Morgan fingerprint density at radius 3 is 2.28 bits per heavy atom. The number of carbonyl (C=O) groups excluding carboxylic acids is 1. The molecule has 0 saturated heterocycles. The van der Waals surface area contributed by atoms with E-state index >= 15 is 0 Å². The molecule has 0 rings (SSSR count). The van der Waals surface area contributed by atoms with Gasteiger partial charge >= 0.3 is 11.9 Å². The maximum atomic E-state index is 11.3. The highest BCUT2D eigenvalue weighted by atomic mass is 16.6. The maximum Gasteiger partial charge on any atom is 0.305 e. The Labute approximate surface area is 107 Å². The minimum absolute atomic E-state index is 0.0706. The van der Waals surface area contributed by atoms with Crippen molar-refractivity contribution in [2.75, 3.05) is 13.2 Å². The van der Waals surface area contributed by atoms with E-state index in [0.717, 1.165) is 0 Å². The number of esters is 1. The quantitative estimate of drug-likeness (QED) is 0.450. The monoisotopic (exact) mass is 262 g/mol. The first-order valence-corrected chi connectivity index (χ1v) is 6.09. The van der Waals surface area contributed by atoms with Crippen molar-refractivity contribution in [2.24, 2.45) is 0 Å². The number of carbonyl (C=O) groups is 2. The Balaban J connectivity index is 3.48. The van der Waals surface area contributed by atoms with Gasteiger partial charge in [0, 0.05) is 12.8 Å². The lowest BCUT2D eigenvalue weighted by Crippen LogP contribution is -2.23. The third kappa shape index (κ3) is 11.3. The molecule has 0 aliphatic rings. The van der Waals surface area contributed by atoms with Crippen molar-refractivity contribution >= 4 is 11.9 Å². The highest BCUT2D eigenvalue weighted by Gasteiger charge is 2.09. The number of unbranched alkanes of at least 4 members (excludes halogenated alkanes) is 1. The molecular formula is C12H22O6. The molecule has 0 spiro atoms. The molecule has 18 heavy (non-hydrogen) atoms. The molecule has 0 aliphatic heterocycles. The molecule has 0 radical (unpaired) electrons. The summed E-state index contributed by atoms with van der Waals surface area (Å²) in [5, 5.41) is 17.4. The average molecular weight is 262 g/mol. The zero-order chi connectivity index (χ0) is 14.0. The van der Waals surface area contributed by atoms with E-state index in [-0.39, 0.29) is 38.1 Å². The van der Waals surface area contributed by atoms with Crippen LogP contribution in [0, 0.1) is 0 Å². The van der Waals surface area contributed by atoms with Crippen molar-refractivity contribution in [2.45, 2.75) is 51.7 Å². The van der Waals surface area contributed by atoms with Crippen molar-refractivity contribution < 1.29 is 29.3 Å². The van der Waals surface area contributed by atoms with E-state index in [9.17, 15) is 9.59 Å². The minimum Gasteiger partial charge on any atom is -0.481 e. The normalized spacial score (nSPS) is 13.9. The zero-order valence-corrected chi connectivity index (χ0v) is 10.9. The fourth-order valence-electron chi connectivity index (χ4n) is 1.18. The second-order valence-electron chi connectivity index (χ2n) is 4.28. The number of rotatable bonds is 10. The van der Waals surface area contributed by atoms with Crippen LogP contribution in [0.25, 0.3) is 0 Å². The van der Waals surface area contributed by atoms with Gasteiger partial charge in [-0.05, 0) is 26.7 Å². The van der Waals surface area contributed by atoms with Gasteiger partial charge in [0.15, 0.2) is 0 Å². The van der Waals surface area contributed by atoms with E-state index < -0.39 is 12.1 Å². The maximum absolute atomic E-state index is 11.3. The van der Waals surface area contributed by atoms with Gasteiger partial charge in [0.2, 0.25) is 0 Å². The van der Waals surface area contributed by atoms with Gasteiger partial charge < -0.3 is 19.7 Å². The summed E-state index contributed by atoms with van der Waals surface area (Å²) in [4.78, 5) is 21.5. The third-order valence-electron chi connectivity index (χ3n) is 2.12. The van der Waals surface area contributed by atoms with Crippen molar-refractivity contribution in [3.05, 3.63) is 0 Å². The van der Waals surface area contributed by atoms with E-state index in [4.69, 9.17) is 19.7 Å². The first-order valence-electron chi connectivity index (χ1n) is 6.09. The molecular weight excluding hydrogens is 240 g/mol. The van der Waals surface area contributed by atoms with Gasteiger partial charge in [0.1, 0.15) is 6.61 Å². The highest BCUT2D eigenvalue weighted by molar-refractivity contribution is 5.69. The van der Waals surface area contributed by atoms with Crippen LogP contribution >= 0.6 is 0 Å². The number of hydrogen-bond donors (Lipinski definition) is 2. The van der Waals surface area contributed by atoms with Crippen molar-refractivity contribution in [1.82, 2.24) is 0 Å².